The van der Waals surface area contributed by atoms with Gasteiger partial charge in [-0.15, -0.1) is 11.3 Å². The summed E-state index contributed by atoms with van der Waals surface area (Å²) in [7, 11) is 0. The summed E-state index contributed by atoms with van der Waals surface area (Å²) in [4.78, 5) is 5.27. The number of alkyl halides is 3. The third-order valence-corrected chi connectivity index (χ3v) is 4.00. The van der Waals surface area contributed by atoms with Crippen molar-refractivity contribution in [3.05, 3.63) is 33.0 Å². The lowest BCUT2D eigenvalue weighted by Gasteiger charge is -2.00. The maximum atomic E-state index is 12.3. The van der Waals surface area contributed by atoms with Gasteiger partial charge in [0, 0.05) is 9.75 Å². The van der Waals surface area contributed by atoms with Gasteiger partial charge >= 0.3 is 6.18 Å². The van der Waals surface area contributed by atoms with Crippen molar-refractivity contribution < 1.29 is 13.2 Å². The lowest BCUT2D eigenvalue weighted by molar-refractivity contribution is -0.134. The van der Waals surface area contributed by atoms with Crippen molar-refractivity contribution in [2.45, 2.75) is 19.6 Å². The van der Waals surface area contributed by atoms with E-state index in [0.717, 1.165) is 11.1 Å². The molecule has 0 spiro atoms. The minimum absolute atomic E-state index is 0.295. The molecule has 1 N–H and O–H groups in total. The fourth-order valence-corrected chi connectivity index (χ4v) is 2.74. The Morgan fingerprint density at radius 2 is 2.06 bits per heavy atom. The molecule has 0 saturated heterocycles. The first kappa shape index (κ1) is 12.4. The molecule has 0 aliphatic carbocycles. The van der Waals surface area contributed by atoms with Crippen molar-refractivity contribution in [2.75, 3.05) is 5.32 Å². The number of hydrogen-bond donors (Lipinski definition) is 1. The highest BCUT2D eigenvalue weighted by atomic mass is 32.1. The van der Waals surface area contributed by atoms with Crippen molar-refractivity contribution in [1.82, 2.24) is 4.98 Å². The smallest absolute Gasteiger partial charge is 0.357 e. The van der Waals surface area contributed by atoms with Crippen LogP contribution in [0.4, 0.5) is 18.3 Å². The number of thiophene rings is 1. The van der Waals surface area contributed by atoms with Gasteiger partial charge in [-0.3, -0.25) is 0 Å². The molecule has 0 atom stereocenters. The van der Waals surface area contributed by atoms with Gasteiger partial charge in [0.2, 0.25) is 0 Å². The van der Waals surface area contributed by atoms with Crippen LogP contribution in [0, 0.1) is 6.92 Å². The van der Waals surface area contributed by atoms with Gasteiger partial charge in [0.1, 0.15) is 4.88 Å². The van der Waals surface area contributed by atoms with Gasteiger partial charge in [-0.25, -0.2) is 4.98 Å². The highest BCUT2D eigenvalue weighted by Gasteiger charge is 2.33. The van der Waals surface area contributed by atoms with E-state index in [1.54, 1.807) is 11.3 Å². The summed E-state index contributed by atoms with van der Waals surface area (Å²) < 4.78 is 36.9. The maximum absolute atomic E-state index is 12.3. The number of aryl methyl sites for hydroxylation is 1. The quantitative estimate of drug-likeness (QED) is 0.912. The first-order valence-electron chi connectivity index (χ1n) is 4.77. The third kappa shape index (κ3) is 3.19. The normalized spacial score (nSPS) is 11.8. The van der Waals surface area contributed by atoms with Gasteiger partial charge in [-0.1, -0.05) is 11.3 Å². The number of thiazole rings is 1. The highest BCUT2D eigenvalue weighted by Crippen LogP contribution is 2.35. The Hall–Kier alpha value is -1.08. The van der Waals surface area contributed by atoms with E-state index in [2.05, 4.69) is 10.3 Å². The van der Waals surface area contributed by atoms with E-state index in [1.165, 1.54) is 4.88 Å². The van der Waals surface area contributed by atoms with Crippen LogP contribution in [-0.4, -0.2) is 4.98 Å². The molecule has 92 valence electrons. The average molecular weight is 278 g/mol. The Morgan fingerprint density at radius 3 is 2.59 bits per heavy atom. The molecule has 0 aromatic carbocycles. The molecule has 0 radical (unpaired) electrons. The van der Waals surface area contributed by atoms with Crippen LogP contribution in [-0.2, 0) is 12.7 Å². The van der Waals surface area contributed by atoms with Gasteiger partial charge in [0.25, 0.3) is 0 Å². The SMILES string of the molecule is Cc1ccc(CNc2ncc(C(F)(F)F)s2)s1. The van der Waals surface area contributed by atoms with Crippen LogP contribution in [0.2, 0.25) is 0 Å². The summed E-state index contributed by atoms with van der Waals surface area (Å²) in [5, 5.41) is 3.18. The van der Waals surface area contributed by atoms with Gasteiger partial charge in [0.15, 0.2) is 5.13 Å². The average Bonchev–Trinajstić information content (AvgIpc) is 2.82. The molecule has 0 amide bonds. The lowest BCUT2D eigenvalue weighted by atomic mass is 10.4. The van der Waals surface area contributed by atoms with Crippen LogP contribution in [0.5, 0.6) is 0 Å². The Bertz CT molecular complexity index is 502. The van der Waals surface area contributed by atoms with E-state index >= 15 is 0 Å². The molecule has 7 heteroatoms. The Kier molecular flexibility index (Phi) is 3.39. The summed E-state index contributed by atoms with van der Waals surface area (Å²) in [5.74, 6) is 0. The first-order chi connectivity index (χ1) is 7.95. The van der Waals surface area contributed by atoms with Crippen LogP contribution in [0.3, 0.4) is 0 Å². The van der Waals surface area contributed by atoms with Crippen molar-refractivity contribution >= 4 is 27.8 Å². The number of hydrogen-bond acceptors (Lipinski definition) is 4. The third-order valence-electron chi connectivity index (χ3n) is 1.99. The minimum atomic E-state index is -4.31. The van der Waals surface area contributed by atoms with Crippen LogP contribution < -0.4 is 5.32 Å². The molecular weight excluding hydrogens is 269 g/mol. The van der Waals surface area contributed by atoms with Gasteiger partial charge in [-0.05, 0) is 19.1 Å². The van der Waals surface area contributed by atoms with E-state index in [1.807, 2.05) is 19.1 Å². The number of nitrogens with zero attached hydrogens (tertiary/aromatic N) is 1. The van der Waals surface area contributed by atoms with Crippen LogP contribution in [0.1, 0.15) is 14.6 Å². The van der Waals surface area contributed by atoms with Crippen LogP contribution in [0.15, 0.2) is 18.3 Å². The predicted octanol–water partition coefficient (Wildman–Crippen LogP) is 4.14. The summed E-state index contributed by atoms with van der Waals surface area (Å²) in [5.41, 5.74) is 0. The fourth-order valence-electron chi connectivity index (χ4n) is 1.23. The number of nitrogens with one attached hydrogen (secondary N) is 1. The topological polar surface area (TPSA) is 24.9 Å². The van der Waals surface area contributed by atoms with Crippen molar-refractivity contribution in [2.24, 2.45) is 0 Å². The summed E-state index contributed by atoms with van der Waals surface area (Å²) in [6.07, 6.45) is -3.45. The highest BCUT2D eigenvalue weighted by molar-refractivity contribution is 7.15. The van der Waals surface area contributed by atoms with Crippen LogP contribution in [0.25, 0.3) is 0 Å². The number of rotatable bonds is 3. The van der Waals surface area contributed by atoms with Crippen molar-refractivity contribution in [3.8, 4) is 0 Å². The monoisotopic (exact) mass is 278 g/mol. The molecule has 0 saturated carbocycles. The largest absolute Gasteiger partial charge is 0.427 e. The van der Waals surface area contributed by atoms with E-state index in [-0.39, 0.29) is 0 Å². The Balaban J connectivity index is 1.98. The maximum Gasteiger partial charge on any atom is 0.427 e. The Morgan fingerprint density at radius 1 is 1.29 bits per heavy atom. The molecule has 0 fully saturated rings. The predicted molar refractivity (Wildman–Crippen MR) is 63.5 cm³/mol. The second-order valence-electron chi connectivity index (χ2n) is 3.39. The lowest BCUT2D eigenvalue weighted by Crippen LogP contribution is -2.00. The Labute approximate surface area is 104 Å². The second kappa shape index (κ2) is 4.66. The molecule has 2 aromatic heterocycles. The zero-order chi connectivity index (χ0) is 12.5. The van der Waals surface area contributed by atoms with Gasteiger partial charge < -0.3 is 5.32 Å². The molecule has 2 nitrogen and oxygen atoms in total. The van der Waals surface area contributed by atoms with Gasteiger partial charge in [-0.2, -0.15) is 13.2 Å². The minimum Gasteiger partial charge on any atom is -0.357 e. The van der Waals surface area contributed by atoms with Crippen molar-refractivity contribution in [1.29, 1.82) is 0 Å². The molecule has 0 bridgehead atoms. The zero-order valence-electron chi connectivity index (χ0n) is 8.84. The fraction of sp³-hybridized carbons (Fsp3) is 0.300. The zero-order valence-corrected chi connectivity index (χ0v) is 10.5. The van der Waals surface area contributed by atoms with E-state index < -0.39 is 11.1 Å². The molecule has 17 heavy (non-hydrogen) atoms. The molecule has 0 unspecified atom stereocenters. The molecular formula is C10H9F3N2S2. The van der Waals surface area contributed by atoms with Gasteiger partial charge in [0.05, 0.1) is 12.7 Å². The van der Waals surface area contributed by atoms with Crippen LogP contribution >= 0.6 is 22.7 Å². The number of anilines is 1. The number of aromatic nitrogens is 1. The molecule has 0 aliphatic rings. The van der Waals surface area contributed by atoms with E-state index in [9.17, 15) is 13.2 Å². The molecule has 2 heterocycles. The number of halogens is 3. The van der Waals surface area contributed by atoms with E-state index in [0.29, 0.717) is 23.0 Å². The summed E-state index contributed by atoms with van der Waals surface area (Å²) in [6.45, 7) is 2.49. The molecule has 2 aromatic rings. The van der Waals surface area contributed by atoms with Crippen molar-refractivity contribution in [3.63, 3.8) is 0 Å². The summed E-state index contributed by atoms with van der Waals surface area (Å²) in [6, 6.07) is 3.93. The summed E-state index contributed by atoms with van der Waals surface area (Å²) >= 11 is 2.23. The van der Waals surface area contributed by atoms with E-state index in [4.69, 9.17) is 0 Å². The first-order valence-corrected chi connectivity index (χ1v) is 6.40. The molecule has 2 rings (SSSR count). The molecule has 0 aliphatic heterocycles. The second-order valence-corrected chi connectivity index (χ2v) is 5.80. The standard InChI is InChI=1S/C10H9F3N2S2/c1-6-2-3-7(16-6)4-14-9-15-5-8(17-9)10(11,12)13/h2-3,5H,4H2,1H3,(H,14,15).